The minimum atomic E-state index is 1.15. The second kappa shape index (κ2) is 4.76. The van der Waals surface area contributed by atoms with Crippen molar-refractivity contribution in [3.63, 3.8) is 0 Å². The van der Waals surface area contributed by atoms with Crippen molar-refractivity contribution in [2.75, 3.05) is 26.2 Å². The highest BCUT2D eigenvalue weighted by atomic mass is 127. The fraction of sp³-hybridized carbons (Fsp3) is 1.00. The van der Waals surface area contributed by atoms with Gasteiger partial charge in [0.25, 0.3) is 0 Å². The van der Waals surface area contributed by atoms with Crippen LogP contribution in [0.3, 0.4) is 0 Å². The van der Waals surface area contributed by atoms with Gasteiger partial charge in [-0.3, -0.25) is 0 Å². The number of hydrogen-bond donors (Lipinski definition) is 1. The predicted molar refractivity (Wildman–Crippen MR) is 50.7 cm³/mol. The molecule has 0 aromatic carbocycles. The summed E-state index contributed by atoms with van der Waals surface area (Å²) in [4.78, 5) is 0. The molecule has 0 atom stereocenters. The van der Waals surface area contributed by atoms with Gasteiger partial charge in [-0.1, -0.05) is 0 Å². The molecule has 1 aliphatic heterocycles. The van der Waals surface area contributed by atoms with Gasteiger partial charge in [0, 0.05) is 40.8 Å². The van der Waals surface area contributed by atoms with Crippen molar-refractivity contribution in [1.82, 2.24) is 9.62 Å². The molecule has 1 aliphatic rings. The number of hydrogen-bond acceptors (Lipinski definition) is 3. The molecule has 0 aliphatic carbocycles. The Hall–Kier alpha value is 1.00. The van der Waals surface area contributed by atoms with Crippen molar-refractivity contribution in [2.24, 2.45) is 0 Å². The van der Waals surface area contributed by atoms with Crippen molar-refractivity contribution in [3.8, 4) is 0 Å². The number of nitrogens with zero attached hydrogens (tertiary/aromatic N) is 1. The average Bonchev–Trinajstić information content (AvgIpc) is 2.13. The molecule has 1 heterocycles. The quantitative estimate of drug-likeness (QED) is 0.563. The lowest BCUT2D eigenvalue weighted by Crippen LogP contribution is -2.21. The Morgan fingerprint density at radius 1 is 1.33 bits per heavy atom. The van der Waals surface area contributed by atoms with E-state index in [1.807, 2.05) is 9.12 Å². The van der Waals surface area contributed by atoms with Crippen LogP contribution in [0, 0.1) is 0 Å². The Labute approximate surface area is 72.5 Å². The smallest absolute Gasteiger partial charge is 0.0222 e. The maximum atomic E-state index is 3.35. The molecule has 0 amide bonds. The summed E-state index contributed by atoms with van der Waals surface area (Å²) in [6.45, 7) is 4.76. The van der Waals surface area contributed by atoms with Crippen LogP contribution < -0.4 is 5.32 Å². The fourth-order valence-electron chi connectivity index (χ4n) is 0.890. The van der Waals surface area contributed by atoms with Gasteiger partial charge in [-0.15, -0.1) is 0 Å². The van der Waals surface area contributed by atoms with E-state index in [4.69, 9.17) is 0 Å². The fourth-order valence-corrected chi connectivity index (χ4v) is 2.43. The molecule has 1 N–H and O–H groups in total. The summed E-state index contributed by atoms with van der Waals surface area (Å²) in [5, 5.41) is 3.35. The van der Waals surface area contributed by atoms with Gasteiger partial charge in [-0.05, 0) is 22.1 Å². The SMILES string of the molecule is ISN1CCCNCC1. The lowest BCUT2D eigenvalue weighted by atomic mass is 10.4. The summed E-state index contributed by atoms with van der Waals surface area (Å²) in [6, 6.07) is 0. The zero-order chi connectivity index (χ0) is 6.53. The molecule has 0 unspecified atom stereocenters. The van der Waals surface area contributed by atoms with Gasteiger partial charge in [-0.2, -0.15) is 0 Å². The Bertz CT molecular complexity index is 73.4. The third kappa shape index (κ3) is 3.06. The Morgan fingerprint density at radius 3 is 3.00 bits per heavy atom. The van der Waals surface area contributed by atoms with Gasteiger partial charge in [0.05, 0.1) is 0 Å². The van der Waals surface area contributed by atoms with Crippen LogP contribution >= 0.6 is 30.3 Å². The predicted octanol–water partition coefficient (Wildman–Crippen LogP) is 1.28. The number of nitrogens with one attached hydrogen (secondary N) is 1. The maximum Gasteiger partial charge on any atom is 0.0222 e. The van der Waals surface area contributed by atoms with E-state index in [2.05, 4.69) is 30.8 Å². The van der Waals surface area contributed by atoms with Crippen molar-refractivity contribution in [1.29, 1.82) is 0 Å². The Balaban J connectivity index is 2.18. The zero-order valence-electron chi connectivity index (χ0n) is 5.27. The van der Waals surface area contributed by atoms with Crippen molar-refractivity contribution >= 4 is 30.3 Å². The summed E-state index contributed by atoms with van der Waals surface area (Å²) < 4.78 is 2.39. The second-order valence-corrected chi connectivity index (χ2v) is 3.94. The Kier molecular flexibility index (Phi) is 4.28. The normalized spacial score (nSPS) is 23.7. The monoisotopic (exact) mass is 258 g/mol. The minimum absolute atomic E-state index is 1.15. The standard InChI is InChI=1S/C5H11IN2S/c6-9-8-4-1-2-7-3-5-8/h7H,1-5H2. The molecule has 9 heavy (non-hydrogen) atoms. The van der Waals surface area contributed by atoms with Gasteiger partial charge >= 0.3 is 0 Å². The van der Waals surface area contributed by atoms with E-state index in [1.54, 1.807) is 0 Å². The maximum absolute atomic E-state index is 3.35. The van der Waals surface area contributed by atoms with Crippen LogP contribution in [0.4, 0.5) is 0 Å². The lowest BCUT2D eigenvalue weighted by Gasteiger charge is -2.12. The number of halogens is 1. The first-order valence-corrected chi connectivity index (χ1v) is 6.49. The van der Waals surface area contributed by atoms with Gasteiger partial charge in [-0.25, -0.2) is 4.31 Å². The van der Waals surface area contributed by atoms with Gasteiger partial charge < -0.3 is 5.32 Å². The molecule has 0 radical (unpaired) electrons. The molecule has 54 valence electrons. The van der Waals surface area contributed by atoms with E-state index in [-0.39, 0.29) is 0 Å². The average molecular weight is 258 g/mol. The molecule has 2 nitrogen and oxygen atoms in total. The molecular formula is C5H11IN2S. The highest BCUT2D eigenvalue weighted by Gasteiger charge is 2.05. The topological polar surface area (TPSA) is 15.3 Å². The third-order valence-corrected chi connectivity index (χ3v) is 3.63. The van der Waals surface area contributed by atoms with Crippen molar-refractivity contribution in [2.45, 2.75) is 6.42 Å². The summed E-state index contributed by atoms with van der Waals surface area (Å²) >= 11 is 2.34. The first kappa shape index (κ1) is 8.10. The van der Waals surface area contributed by atoms with E-state index < -0.39 is 0 Å². The van der Waals surface area contributed by atoms with E-state index in [9.17, 15) is 0 Å². The minimum Gasteiger partial charge on any atom is -0.315 e. The molecule has 1 saturated heterocycles. The van der Waals surface area contributed by atoms with E-state index >= 15 is 0 Å². The summed E-state index contributed by atoms with van der Waals surface area (Å²) in [7, 11) is 1.82. The van der Waals surface area contributed by atoms with E-state index in [1.165, 1.54) is 26.1 Å². The highest BCUT2D eigenvalue weighted by molar-refractivity contribution is 14.2. The van der Waals surface area contributed by atoms with Gasteiger partial charge in [0.1, 0.15) is 0 Å². The molecule has 4 heteroatoms. The van der Waals surface area contributed by atoms with Crippen LogP contribution in [0.15, 0.2) is 0 Å². The molecule has 0 bridgehead atoms. The second-order valence-electron chi connectivity index (χ2n) is 2.10. The van der Waals surface area contributed by atoms with E-state index in [0.29, 0.717) is 0 Å². The van der Waals surface area contributed by atoms with E-state index in [0.717, 1.165) is 6.54 Å². The molecular weight excluding hydrogens is 247 g/mol. The summed E-state index contributed by atoms with van der Waals surface area (Å²) in [5.74, 6) is 0. The molecule has 0 spiro atoms. The van der Waals surface area contributed by atoms with Gasteiger partial charge in [0.15, 0.2) is 0 Å². The van der Waals surface area contributed by atoms with Crippen LogP contribution in [-0.4, -0.2) is 30.5 Å². The zero-order valence-corrected chi connectivity index (χ0v) is 8.24. The summed E-state index contributed by atoms with van der Waals surface area (Å²) in [6.07, 6.45) is 1.29. The largest absolute Gasteiger partial charge is 0.315 e. The molecule has 1 rings (SSSR count). The molecule has 0 saturated carbocycles. The molecule has 1 fully saturated rings. The van der Waals surface area contributed by atoms with Crippen LogP contribution in [-0.2, 0) is 0 Å². The van der Waals surface area contributed by atoms with Crippen molar-refractivity contribution in [3.05, 3.63) is 0 Å². The molecule has 0 aromatic heterocycles. The van der Waals surface area contributed by atoms with Crippen LogP contribution in [0.5, 0.6) is 0 Å². The summed E-state index contributed by atoms with van der Waals surface area (Å²) in [5.41, 5.74) is 0. The lowest BCUT2D eigenvalue weighted by molar-refractivity contribution is 0.508. The first-order chi connectivity index (χ1) is 4.43. The third-order valence-electron chi connectivity index (χ3n) is 1.40. The number of rotatable bonds is 1. The van der Waals surface area contributed by atoms with Crippen LogP contribution in [0.1, 0.15) is 6.42 Å². The van der Waals surface area contributed by atoms with Gasteiger partial charge in [0.2, 0.25) is 0 Å². The van der Waals surface area contributed by atoms with Crippen LogP contribution in [0.25, 0.3) is 0 Å². The van der Waals surface area contributed by atoms with Crippen LogP contribution in [0.2, 0.25) is 0 Å². The van der Waals surface area contributed by atoms with Crippen molar-refractivity contribution < 1.29 is 0 Å². The molecule has 0 aromatic rings. The Morgan fingerprint density at radius 2 is 2.22 bits per heavy atom. The highest BCUT2D eigenvalue weighted by Crippen LogP contribution is 2.18. The first-order valence-electron chi connectivity index (χ1n) is 3.18.